The molecule has 0 saturated carbocycles. The number of hydrogen-bond donors (Lipinski definition) is 1. The van der Waals surface area contributed by atoms with Crippen molar-refractivity contribution in [2.24, 2.45) is 0 Å². The van der Waals surface area contributed by atoms with Crippen LogP contribution in [0.1, 0.15) is 27.9 Å². The molecular formula is C19H20ClN3O3S. The summed E-state index contributed by atoms with van der Waals surface area (Å²) in [5, 5.41) is 3.63. The summed E-state index contributed by atoms with van der Waals surface area (Å²) in [7, 11) is -0.785. The van der Waals surface area contributed by atoms with Crippen LogP contribution in [-0.4, -0.2) is 50.7 Å². The molecule has 6 nitrogen and oxygen atoms in total. The van der Waals surface area contributed by atoms with E-state index in [0.717, 1.165) is 22.8 Å². The molecule has 27 heavy (non-hydrogen) atoms. The maximum absolute atomic E-state index is 13.0. The average Bonchev–Trinajstić information content (AvgIpc) is 2.92. The smallest absolute Gasteiger partial charge is 0.256 e. The van der Waals surface area contributed by atoms with Crippen molar-refractivity contribution < 1.29 is 13.2 Å². The first-order valence-electron chi connectivity index (χ1n) is 8.69. The zero-order valence-electron chi connectivity index (χ0n) is 15.1. The van der Waals surface area contributed by atoms with Crippen LogP contribution in [0.5, 0.6) is 0 Å². The maximum Gasteiger partial charge on any atom is 0.256 e. The maximum atomic E-state index is 13.0. The molecule has 1 N–H and O–H groups in total. The number of carbonyl (C=O) groups is 1. The summed E-state index contributed by atoms with van der Waals surface area (Å²) in [4.78, 5) is 14.8. The molecule has 1 amide bonds. The molecule has 1 unspecified atom stereocenters. The molecule has 4 rings (SSSR count). The highest BCUT2D eigenvalue weighted by molar-refractivity contribution is 7.89. The highest BCUT2D eigenvalue weighted by Crippen LogP contribution is 2.44. The van der Waals surface area contributed by atoms with Crippen LogP contribution in [0.15, 0.2) is 47.4 Å². The third-order valence-electron chi connectivity index (χ3n) is 5.24. The van der Waals surface area contributed by atoms with E-state index in [1.165, 1.54) is 14.1 Å². The molecule has 1 saturated heterocycles. The predicted octanol–water partition coefficient (Wildman–Crippen LogP) is 2.24. The largest absolute Gasteiger partial charge is 0.312 e. The molecule has 8 heteroatoms. The number of amides is 1. The van der Waals surface area contributed by atoms with Crippen LogP contribution in [0.2, 0.25) is 5.02 Å². The van der Waals surface area contributed by atoms with Crippen LogP contribution in [0.25, 0.3) is 0 Å². The summed E-state index contributed by atoms with van der Waals surface area (Å²) in [6.45, 7) is 1.31. The Morgan fingerprint density at radius 1 is 1.19 bits per heavy atom. The van der Waals surface area contributed by atoms with E-state index < -0.39 is 15.7 Å². The van der Waals surface area contributed by atoms with E-state index in [1.54, 1.807) is 23.1 Å². The van der Waals surface area contributed by atoms with Crippen molar-refractivity contribution in [3.63, 3.8) is 0 Å². The van der Waals surface area contributed by atoms with Crippen molar-refractivity contribution in [3.8, 4) is 0 Å². The Hall–Kier alpha value is -1.93. The zero-order chi connectivity index (χ0) is 19.4. The number of carbonyl (C=O) groups excluding carboxylic acids is 1. The van der Waals surface area contributed by atoms with Gasteiger partial charge in [0.15, 0.2) is 0 Å². The second kappa shape index (κ2) is 6.31. The minimum absolute atomic E-state index is 0.0326. The molecule has 2 heterocycles. The molecule has 1 fully saturated rings. The van der Waals surface area contributed by atoms with Gasteiger partial charge < -0.3 is 4.90 Å². The fraction of sp³-hybridized carbons (Fsp3) is 0.316. The zero-order valence-corrected chi connectivity index (χ0v) is 16.6. The standard InChI is InChI=1S/C19H20ClN3O3S/c1-22(2)27(25,26)17-12-13(8-9-16(17)20)19-15-7-4-3-6-14(15)18(24)23(19)11-5-10-21-19/h3-4,6-9,12,21H,5,10-11H2,1-2H3. The molecule has 0 aromatic heterocycles. The summed E-state index contributed by atoms with van der Waals surface area (Å²) in [5.41, 5.74) is 1.28. The van der Waals surface area contributed by atoms with E-state index >= 15 is 0 Å². The molecule has 142 valence electrons. The van der Waals surface area contributed by atoms with Crippen molar-refractivity contribution in [2.75, 3.05) is 27.2 Å². The summed E-state index contributed by atoms with van der Waals surface area (Å²) >= 11 is 6.23. The van der Waals surface area contributed by atoms with Gasteiger partial charge in [0.1, 0.15) is 10.6 Å². The predicted molar refractivity (Wildman–Crippen MR) is 103 cm³/mol. The van der Waals surface area contributed by atoms with Crippen LogP contribution in [0.3, 0.4) is 0 Å². The second-order valence-corrected chi connectivity index (χ2v) is 9.45. The second-order valence-electron chi connectivity index (χ2n) is 6.93. The highest BCUT2D eigenvalue weighted by atomic mass is 35.5. The van der Waals surface area contributed by atoms with E-state index in [-0.39, 0.29) is 15.8 Å². The van der Waals surface area contributed by atoms with E-state index in [1.807, 2.05) is 24.3 Å². The molecule has 2 aromatic carbocycles. The van der Waals surface area contributed by atoms with Crippen LogP contribution in [-0.2, 0) is 15.7 Å². The topological polar surface area (TPSA) is 69.7 Å². The third-order valence-corrected chi connectivity index (χ3v) is 7.54. The van der Waals surface area contributed by atoms with Gasteiger partial charge in [-0.3, -0.25) is 10.1 Å². The molecule has 0 aliphatic carbocycles. The SMILES string of the molecule is CN(C)S(=O)(=O)c1cc(C23NCCCN2C(=O)c2ccccc23)ccc1Cl. The van der Waals surface area contributed by atoms with Gasteiger partial charge in [-0.25, -0.2) is 12.7 Å². The van der Waals surface area contributed by atoms with Crippen molar-refractivity contribution in [2.45, 2.75) is 17.0 Å². The lowest BCUT2D eigenvalue weighted by Gasteiger charge is -2.44. The van der Waals surface area contributed by atoms with Gasteiger partial charge in [-0.2, -0.15) is 0 Å². The van der Waals surface area contributed by atoms with Gasteiger partial charge in [-0.05, 0) is 36.7 Å². The summed E-state index contributed by atoms with van der Waals surface area (Å²) < 4.78 is 26.6. The Morgan fingerprint density at radius 3 is 2.67 bits per heavy atom. The molecule has 2 aliphatic rings. The van der Waals surface area contributed by atoms with Gasteiger partial charge in [0.25, 0.3) is 5.91 Å². The molecular weight excluding hydrogens is 386 g/mol. The van der Waals surface area contributed by atoms with Crippen molar-refractivity contribution in [1.82, 2.24) is 14.5 Å². The lowest BCUT2D eigenvalue weighted by Crippen LogP contribution is -2.59. The summed E-state index contributed by atoms with van der Waals surface area (Å²) in [6, 6.07) is 12.4. The highest BCUT2D eigenvalue weighted by Gasteiger charge is 2.52. The Kier molecular flexibility index (Phi) is 4.31. The molecule has 0 bridgehead atoms. The molecule has 2 aliphatic heterocycles. The molecule has 2 aromatic rings. The van der Waals surface area contributed by atoms with Crippen molar-refractivity contribution in [3.05, 3.63) is 64.2 Å². The van der Waals surface area contributed by atoms with Gasteiger partial charge in [0.05, 0.1) is 5.02 Å². The monoisotopic (exact) mass is 405 g/mol. The fourth-order valence-corrected chi connectivity index (χ4v) is 5.32. The van der Waals surface area contributed by atoms with Crippen molar-refractivity contribution in [1.29, 1.82) is 0 Å². The number of nitrogens with zero attached hydrogens (tertiary/aromatic N) is 2. The van der Waals surface area contributed by atoms with Gasteiger partial charge in [0, 0.05) is 31.8 Å². The number of rotatable bonds is 3. The van der Waals surface area contributed by atoms with Gasteiger partial charge >= 0.3 is 0 Å². The minimum Gasteiger partial charge on any atom is -0.312 e. The Labute approximate surface area is 163 Å². The van der Waals surface area contributed by atoms with E-state index in [9.17, 15) is 13.2 Å². The van der Waals surface area contributed by atoms with Gasteiger partial charge in [-0.15, -0.1) is 0 Å². The number of benzene rings is 2. The Morgan fingerprint density at radius 2 is 1.93 bits per heavy atom. The fourth-order valence-electron chi connectivity index (χ4n) is 3.93. The summed E-state index contributed by atoms with van der Waals surface area (Å²) in [5.74, 6) is -0.0511. The van der Waals surface area contributed by atoms with Crippen molar-refractivity contribution >= 4 is 27.5 Å². The van der Waals surface area contributed by atoms with Gasteiger partial charge in [0.2, 0.25) is 10.0 Å². The normalized spacial score (nSPS) is 22.1. The third kappa shape index (κ3) is 2.53. The molecule has 1 atom stereocenters. The number of halogens is 1. The number of sulfonamides is 1. The lowest BCUT2D eigenvalue weighted by atomic mass is 9.89. The summed E-state index contributed by atoms with van der Waals surface area (Å²) in [6.07, 6.45) is 0.831. The van der Waals surface area contributed by atoms with Crippen LogP contribution in [0.4, 0.5) is 0 Å². The first-order valence-corrected chi connectivity index (χ1v) is 10.5. The van der Waals surface area contributed by atoms with Gasteiger partial charge in [-0.1, -0.05) is 35.9 Å². The number of hydrogen-bond acceptors (Lipinski definition) is 4. The average molecular weight is 406 g/mol. The number of nitrogens with one attached hydrogen (secondary N) is 1. The van der Waals surface area contributed by atoms with E-state index in [0.29, 0.717) is 17.7 Å². The minimum atomic E-state index is -3.72. The Bertz CT molecular complexity index is 1040. The van der Waals surface area contributed by atoms with Crippen LogP contribution >= 0.6 is 11.6 Å². The molecule has 0 spiro atoms. The molecule has 0 radical (unpaired) electrons. The number of fused-ring (bicyclic) bond motifs is 3. The van der Waals surface area contributed by atoms with Crippen LogP contribution < -0.4 is 5.32 Å². The quantitative estimate of drug-likeness (QED) is 0.850. The van der Waals surface area contributed by atoms with E-state index in [4.69, 9.17) is 11.6 Å². The first kappa shape index (κ1) is 18.4. The van der Waals surface area contributed by atoms with E-state index in [2.05, 4.69) is 5.32 Å². The Balaban J connectivity index is 1.98. The van der Waals surface area contributed by atoms with Crippen LogP contribution in [0, 0.1) is 0 Å². The first-order chi connectivity index (χ1) is 12.8. The lowest BCUT2D eigenvalue weighted by molar-refractivity contribution is 0.0457.